The molecule has 2 aromatic heterocycles. The summed E-state index contributed by atoms with van der Waals surface area (Å²) in [4.78, 5) is 4.35. The molecule has 0 unspecified atom stereocenters. The smallest absolute Gasteiger partial charge is 0.240 e. The Balaban J connectivity index is 1.53. The molecule has 0 fully saturated rings. The van der Waals surface area contributed by atoms with E-state index < -0.39 is 15.8 Å². The summed E-state index contributed by atoms with van der Waals surface area (Å²) in [5.41, 5.74) is 4.03. The maximum Gasteiger partial charge on any atom is 0.240 e. The van der Waals surface area contributed by atoms with Gasteiger partial charge >= 0.3 is 0 Å². The standard InChI is InChI=1S/C20H20ClFN4O2S/c21-16-13-14(8-9-17(16)22)29(27,28)24-11-12-26-19-7-2-1-5-15(19)20(25-26)18-6-3-4-10-23-18/h3-4,6,8-10,13,24H,1-2,5,7,11-12H2. The van der Waals surface area contributed by atoms with Gasteiger partial charge in [-0.05, 0) is 56.0 Å². The summed E-state index contributed by atoms with van der Waals surface area (Å²) in [6.45, 7) is 0.552. The Morgan fingerprint density at radius 1 is 1.17 bits per heavy atom. The number of fused-ring (bicyclic) bond motifs is 1. The third-order valence-corrected chi connectivity index (χ3v) is 6.73. The minimum atomic E-state index is -3.79. The summed E-state index contributed by atoms with van der Waals surface area (Å²) < 4.78 is 42.7. The number of sulfonamides is 1. The van der Waals surface area contributed by atoms with Crippen molar-refractivity contribution in [2.45, 2.75) is 37.1 Å². The van der Waals surface area contributed by atoms with Crippen molar-refractivity contribution < 1.29 is 12.8 Å². The van der Waals surface area contributed by atoms with Crippen LogP contribution in [0.25, 0.3) is 11.4 Å². The molecular weight excluding hydrogens is 415 g/mol. The number of hydrogen-bond acceptors (Lipinski definition) is 4. The molecule has 1 aromatic carbocycles. The number of hydrogen-bond donors (Lipinski definition) is 1. The lowest BCUT2D eigenvalue weighted by Crippen LogP contribution is -2.28. The van der Waals surface area contributed by atoms with Gasteiger partial charge in [0.05, 0.1) is 22.2 Å². The largest absolute Gasteiger partial charge is 0.267 e. The van der Waals surface area contributed by atoms with Crippen LogP contribution in [0, 0.1) is 5.82 Å². The Labute approximate surface area is 173 Å². The minimum Gasteiger partial charge on any atom is -0.267 e. The summed E-state index contributed by atoms with van der Waals surface area (Å²) >= 11 is 5.70. The molecule has 9 heteroatoms. The highest BCUT2D eigenvalue weighted by molar-refractivity contribution is 7.89. The van der Waals surface area contributed by atoms with Gasteiger partial charge in [0.2, 0.25) is 10.0 Å². The first-order valence-corrected chi connectivity index (χ1v) is 11.3. The molecule has 3 aromatic rings. The van der Waals surface area contributed by atoms with Crippen LogP contribution >= 0.6 is 11.6 Å². The molecule has 2 heterocycles. The van der Waals surface area contributed by atoms with Gasteiger partial charge in [-0.25, -0.2) is 17.5 Å². The molecule has 6 nitrogen and oxygen atoms in total. The summed E-state index contributed by atoms with van der Waals surface area (Å²) in [6.07, 6.45) is 5.79. The van der Waals surface area contributed by atoms with Crippen LogP contribution in [0.1, 0.15) is 24.1 Å². The normalized spacial score (nSPS) is 14.0. The molecular formula is C20H20ClFN4O2S. The zero-order valence-electron chi connectivity index (χ0n) is 15.6. The molecule has 0 bridgehead atoms. The fourth-order valence-corrected chi connectivity index (χ4v) is 4.87. The highest BCUT2D eigenvalue weighted by Crippen LogP contribution is 2.30. The molecule has 1 aliphatic rings. The number of benzene rings is 1. The van der Waals surface area contributed by atoms with Crippen molar-refractivity contribution in [3.8, 4) is 11.4 Å². The summed E-state index contributed by atoms with van der Waals surface area (Å²) in [5.74, 6) is -0.657. The van der Waals surface area contributed by atoms with Gasteiger partial charge in [-0.15, -0.1) is 0 Å². The first-order chi connectivity index (χ1) is 14.0. The zero-order valence-corrected chi connectivity index (χ0v) is 17.2. The average Bonchev–Trinajstić information content (AvgIpc) is 3.09. The zero-order chi connectivity index (χ0) is 20.4. The third kappa shape index (κ3) is 4.19. The van der Waals surface area contributed by atoms with E-state index in [9.17, 15) is 12.8 Å². The van der Waals surface area contributed by atoms with Crippen molar-refractivity contribution in [1.29, 1.82) is 0 Å². The number of nitrogens with zero attached hydrogens (tertiary/aromatic N) is 3. The van der Waals surface area contributed by atoms with E-state index in [1.54, 1.807) is 6.20 Å². The Morgan fingerprint density at radius 2 is 2.00 bits per heavy atom. The van der Waals surface area contributed by atoms with Gasteiger partial charge in [-0.3, -0.25) is 9.67 Å². The Kier molecular flexibility index (Phi) is 5.67. The van der Waals surface area contributed by atoms with Crippen molar-refractivity contribution in [3.05, 3.63) is 64.7 Å². The first-order valence-electron chi connectivity index (χ1n) is 9.40. The van der Waals surface area contributed by atoms with Crippen molar-refractivity contribution in [3.63, 3.8) is 0 Å². The summed E-state index contributed by atoms with van der Waals surface area (Å²) in [5, 5.41) is 4.50. The van der Waals surface area contributed by atoms with E-state index in [2.05, 4.69) is 9.71 Å². The Bertz CT molecular complexity index is 1130. The van der Waals surface area contributed by atoms with Gasteiger partial charge in [0.1, 0.15) is 11.5 Å². The molecule has 0 radical (unpaired) electrons. The quantitative estimate of drug-likeness (QED) is 0.643. The molecule has 4 rings (SSSR count). The monoisotopic (exact) mass is 434 g/mol. The fourth-order valence-electron chi connectivity index (χ4n) is 3.58. The number of aromatic nitrogens is 3. The van der Waals surface area contributed by atoms with Gasteiger partial charge in [0, 0.05) is 24.0 Å². The fraction of sp³-hybridized carbons (Fsp3) is 0.300. The molecule has 1 N–H and O–H groups in total. The molecule has 0 saturated heterocycles. The van der Waals surface area contributed by atoms with Crippen molar-refractivity contribution in [1.82, 2.24) is 19.5 Å². The molecule has 0 amide bonds. The SMILES string of the molecule is O=S(=O)(NCCn1nc(-c2ccccn2)c2c1CCCC2)c1ccc(F)c(Cl)c1. The van der Waals surface area contributed by atoms with Crippen LogP contribution in [0.2, 0.25) is 5.02 Å². The van der Waals surface area contributed by atoms with Gasteiger partial charge < -0.3 is 0 Å². The third-order valence-electron chi connectivity index (χ3n) is 4.98. The average molecular weight is 435 g/mol. The van der Waals surface area contributed by atoms with E-state index >= 15 is 0 Å². The van der Waals surface area contributed by atoms with Crippen LogP contribution in [0.3, 0.4) is 0 Å². The van der Waals surface area contributed by atoms with E-state index in [-0.39, 0.29) is 16.5 Å². The molecule has 0 atom stereocenters. The van der Waals surface area contributed by atoms with Gasteiger partial charge in [0.15, 0.2) is 0 Å². The van der Waals surface area contributed by atoms with Crippen molar-refractivity contribution in [2.24, 2.45) is 0 Å². The highest BCUT2D eigenvalue weighted by Gasteiger charge is 2.23. The highest BCUT2D eigenvalue weighted by atomic mass is 35.5. The number of pyridine rings is 1. The van der Waals surface area contributed by atoms with Crippen molar-refractivity contribution in [2.75, 3.05) is 6.54 Å². The summed E-state index contributed by atoms with van der Waals surface area (Å²) in [6, 6.07) is 9.07. The van der Waals surface area contributed by atoms with E-state index in [4.69, 9.17) is 16.7 Å². The second-order valence-corrected chi connectivity index (χ2v) is 9.07. The lowest BCUT2D eigenvalue weighted by Gasteiger charge is -2.14. The van der Waals surface area contributed by atoms with Crippen LogP contribution in [0.15, 0.2) is 47.5 Å². The molecule has 0 saturated carbocycles. The predicted octanol–water partition coefficient (Wildman–Crippen LogP) is 3.59. The molecule has 152 valence electrons. The first kappa shape index (κ1) is 20.0. The predicted molar refractivity (Wildman–Crippen MR) is 109 cm³/mol. The van der Waals surface area contributed by atoms with Crippen LogP contribution in [0.4, 0.5) is 4.39 Å². The topological polar surface area (TPSA) is 76.9 Å². The lowest BCUT2D eigenvalue weighted by molar-refractivity contribution is 0.538. The Hall–Kier alpha value is -2.29. The lowest BCUT2D eigenvalue weighted by atomic mass is 9.95. The van der Waals surface area contributed by atoms with Crippen LogP contribution in [0.5, 0.6) is 0 Å². The van der Waals surface area contributed by atoms with Gasteiger partial charge in [0.25, 0.3) is 0 Å². The molecule has 0 spiro atoms. The van der Waals surface area contributed by atoms with E-state index in [0.717, 1.165) is 54.9 Å². The van der Waals surface area contributed by atoms with Crippen molar-refractivity contribution >= 4 is 21.6 Å². The maximum absolute atomic E-state index is 13.3. The second kappa shape index (κ2) is 8.22. The number of halogens is 2. The summed E-state index contributed by atoms with van der Waals surface area (Å²) in [7, 11) is -3.79. The minimum absolute atomic E-state index is 0.0689. The Morgan fingerprint density at radius 3 is 2.76 bits per heavy atom. The second-order valence-electron chi connectivity index (χ2n) is 6.89. The van der Waals surface area contributed by atoms with E-state index in [1.807, 2.05) is 22.9 Å². The van der Waals surface area contributed by atoms with E-state index in [1.165, 1.54) is 11.6 Å². The number of nitrogens with one attached hydrogen (secondary N) is 1. The van der Waals surface area contributed by atoms with Crippen LogP contribution < -0.4 is 4.72 Å². The van der Waals surface area contributed by atoms with Gasteiger partial charge in [-0.1, -0.05) is 17.7 Å². The molecule has 1 aliphatic carbocycles. The van der Waals surface area contributed by atoms with Crippen LogP contribution in [-0.4, -0.2) is 29.7 Å². The van der Waals surface area contributed by atoms with Crippen LogP contribution in [-0.2, 0) is 29.4 Å². The molecule has 0 aliphatic heterocycles. The van der Waals surface area contributed by atoms with E-state index in [0.29, 0.717) is 6.54 Å². The number of rotatable bonds is 6. The molecule has 29 heavy (non-hydrogen) atoms. The van der Waals surface area contributed by atoms with Gasteiger partial charge in [-0.2, -0.15) is 5.10 Å². The maximum atomic E-state index is 13.3.